The van der Waals surface area contributed by atoms with Crippen LogP contribution in [0.2, 0.25) is 0 Å². The predicted molar refractivity (Wildman–Crippen MR) is 75.9 cm³/mol. The largest absolute Gasteiger partial charge is 0.467 e. The lowest BCUT2D eigenvalue weighted by molar-refractivity contribution is -0.151. The number of ether oxygens (including phenoxy) is 2. The SMILES string of the molecule is COC(=O)C1COCCN1C(=O)c1csc(C#CCO)c1. The molecule has 0 radical (unpaired) electrons. The fraction of sp³-hybridized carbons (Fsp3) is 0.429. The van der Waals surface area contributed by atoms with Gasteiger partial charge in [-0.1, -0.05) is 11.8 Å². The van der Waals surface area contributed by atoms with Gasteiger partial charge in [-0.15, -0.1) is 11.3 Å². The molecule has 1 aliphatic heterocycles. The van der Waals surface area contributed by atoms with E-state index in [2.05, 4.69) is 11.8 Å². The van der Waals surface area contributed by atoms with Crippen LogP contribution in [0.4, 0.5) is 0 Å². The van der Waals surface area contributed by atoms with Crippen molar-refractivity contribution < 1.29 is 24.2 Å². The topological polar surface area (TPSA) is 76.1 Å². The van der Waals surface area contributed by atoms with E-state index in [1.165, 1.54) is 23.3 Å². The van der Waals surface area contributed by atoms with E-state index in [1.54, 1.807) is 11.4 Å². The standard InChI is InChI=1S/C14H15NO5S/c1-19-14(18)12-8-20-6-4-15(12)13(17)10-7-11(21-9-10)3-2-5-16/h7,9,12,16H,4-6,8H2,1H3. The molecule has 21 heavy (non-hydrogen) atoms. The Bertz CT molecular complexity index is 586. The van der Waals surface area contributed by atoms with Crippen molar-refractivity contribution in [2.45, 2.75) is 6.04 Å². The number of thiophene rings is 1. The number of morpholine rings is 1. The van der Waals surface area contributed by atoms with Crippen molar-refractivity contribution >= 4 is 23.2 Å². The van der Waals surface area contributed by atoms with Crippen LogP contribution in [0, 0.1) is 11.8 Å². The first-order valence-electron chi connectivity index (χ1n) is 6.32. The minimum absolute atomic E-state index is 0.139. The first-order valence-corrected chi connectivity index (χ1v) is 7.20. The number of aliphatic hydroxyl groups excluding tert-OH is 1. The monoisotopic (exact) mass is 309 g/mol. The molecule has 112 valence electrons. The summed E-state index contributed by atoms with van der Waals surface area (Å²) in [6.45, 7) is 0.640. The number of carbonyl (C=O) groups is 2. The van der Waals surface area contributed by atoms with Crippen molar-refractivity contribution in [3.05, 3.63) is 21.9 Å². The second-order valence-electron chi connectivity index (χ2n) is 4.27. The number of rotatable bonds is 2. The van der Waals surface area contributed by atoms with Crippen molar-refractivity contribution in [3.8, 4) is 11.8 Å². The van der Waals surface area contributed by atoms with Crippen LogP contribution in [-0.4, -0.2) is 61.4 Å². The fourth-order valence-electron chi connectivity index (χ4n) is 1.98. The Kier molecular flexibility index (Phi) is 5.33. The maximum Gasteiger partial charge on any atom is 0.331 e. The van der Waals surface area contributed by atoms with E-state index >= 15 is 0 Å². The molecule has 0 bridgehead atoms. The summed E-state index contributed by atoms with van der Waals surface area (Å²) in [4.78, 5) is 26.4. The molecule has 1 unspecified atom stereocenters. The highest BCUT2D eigenvalue weighted by Gasteiger charge is 2.34. The number of aliphatic hydroxyl groups is 1. The van der Waals surface area contributed by atoms with Gasteiger partial charge in [0.05, 0.1) is 30.8 Å². The first kappa shape index (κ1) is 15.5. The van der Waals surface area contributed by atoms with E-state index in [0.717, 1.165) is 0 Å². The number of hydrogen-bond acceptors (Lipinski definition) is 6. The van der Waals surface area contributed by atoms with Gasteiger partial charge in [-0.2, -0.15) is 0 Å². The molecular weight excluding hydrogens is 294 g/mol. The average molecular weight is 309 g/mol. The molecule has 6 nitrogen and oxygen atoms in total. The maximum atomic E-state index is 12.5. The Balaban J connectivity index is 2.16. The molecule has 1 atom stereocenters. The molecule has 0 saturated carbocycles. The van der Waals surface area contributed by atoms with Gasteiger partial charge in [-0.3, -0.25) is 4.79 Å². The third-order valence-corrected chi connectivity index (χ3v) is 3.85. The predicted octanol–water partition coefficient (Wildman–Crippen LogP) is 0.106. The van der Waals surface area contributed by atoms with Crippen LogP contribution >= 0.6 is 11.3 Å². The van der Waals surface area contributed by atoms with E-state index in [1.807, 2.05) is 0 Å². The zero-order valence-corrected chi connectivity index (χ0v) is 12.3. The summed E-state index contributed by atoms with van der Waals surface area (Å²) < 4.78 is 9.94. The van der Waals surface area contributed by atoms with Gasteiger partial charge in [0.1, 0.15) is 6.61 Å². The Morgan fingerprint density at radius 3 is 3.14 bits per heavy atom. The molecule has 0 aliphatic carbocycles. The van der Waals surface area contributed by atoms with Gasteiger partial charge in [0.25, 0.3) is 5.91 Å². The van der Waals surface area contributed by atoms with Gasteiger partial charge >= 0.3 is 5.97 Å². The van der Waals surface area contributed by atoms with E-state index in [4.69, 9.17) is 14.6 Å². The van der Waals surface area contributed by atoms with Gasteiger partial charge in [-0.05, 0) is 6.07 Å². The highest BCUT2D eigenvalue weighted by molar-refractivity contribution is 7.10. The van der Waals surface area contributed by atoms with E-state index in [0.29, 0.717) is 23.6 Å². The summed E-state index contributed by atoms with van der Waals surface area (Å²) in [7, 11) is 1.28. The average Bonchev–Trinajstić information content (AvgIpc) is 3.00. The lowest BCUT2D eigenvalue weighted by Crippen LogP contribution is -2.52. The molecular formula is C14H15NO5S. The summed E-state index contributed by atoms with van der Waals surface area (Å²) in [5.74, 6) is 4.54. The van der Waals surface area contributed by atoms with Crippen molar-refractivity contribution in [2.24, 2.45) is 0 Å². The van der Waals surface area contributed by atoms with Crippen LogP contribution in [0.25, 0.3) is 0 Å². The van der Waals surface area contributed by atoms with Crippen LogP contribution in [0.3, 0.4) is 0 Å². The number of carbonyl (C=O) groups excluding carboxylic acids is 2. The van der Waals surface area contributed by atoms with Crippen molar-refractivity contribution in [1.29, 1.82) is 0 Å². The smallest absolute Gasteiger partial charge is 0.331 e. The summed E-state index contributed by atoms with van der Waals surface area (Å²) in [5, 5.41) is 10.3. The van der Waals surface area contributed by atoms with Crippen LogP contribution in [-0.2, 0) is 14.3 Å². The zero-order valence-electron chi connectivity index (χ0n) is 11.5. The van der Waals surface area contributed by atoms with Crippen LogP contribution in [0.1, 0.15) is 15.2 Å². The van der Waals surface area contributed by atoms with E-state index in [-0.39, 0.29) is 19.1 Å². The molecule has 1 saturated heterocycles. The molecule has 0 aromatic carbocycles. The van der Waals surface area contributed by atoms with Gasteiger partial charge in [0, 0.05) is 11.9 Å². The summed E-state index contributed by atoms with van der Waals surface area (Å²) in [6, 6.07) is 0.933. The van der Waals surface area contributed by atoms with Gasteiger partial charge in [0.15, 0.2) is 6.04 Å². The lowest BCUT2D eigenvalue weighted by Gasteiger charge is -2.33. The van der Waals surface area contributed by atoms with Crippen LogP contribution in [0.5, 0.6) is 0 Å². The molecule has 1 aliphatic rings. The van der Waals surface area contributed by atoms with Crippen molar-refractivity contribution in [1.82, 2.24) is 4.90 Å². The summed E-state index contributed by atoms with van der Waals surface area (Å²) in [6.07, 6.45) is 0. The number of methoxy groups -OCH3 is 1. The highest BCUT2D eigenvalue weighted by Crippen LogP contribution is 2.18. The maximum absolute atomic E-state index is 12.5. The van der Waals surface area contributed by atoms with Gasteiger partial charge in [0.2, 0.25) is 0 Å². The minimum atomic E-state index is -0.719. The number of hydrogen-bond donors (Lipinski definition) is 1. The second kappa shape index (κ2) is 7.22. The Labute approximate surface area is 126 Å². The van der Waals surface area contributed by atoms with E-state index in [9.17, 15) is 9.59 Å². The second-order valence-corrected chi connectivity index (χ2v) is 5.18. The molecule has 1 fully saturated rings. The number of amides is 1. The Morgan fingerprint density at radius 1 is 1.62 bits per heavy atom. The quantitative estimate of drug-likeness (QED) is 0.620. The molecule has 1 N–H and O–H groups in total. The molecule has 2 rings (SSSR count). The molecule has 7 heteroatoms. The molecule has 1 aromatic rings. The molecule has 1 amide bonds. The zero-order chi connectivity index (χ0) is 15.2. The first-order chi connectivity index (χ1) is 10.2. The highest BCUT2D eigenvalue weighted by atomic mass is 32.1. The fourth-order valence-corrected chi connectivity index (χ4v) is 2.73. The number of nitrogens with zero attached hydrogens (tertiary/aromatic N) is 1. The van der Waals surface area contributed by atoms with Gasteiger partial charge < -0.3 is 19.5 Å². The molecule has 2 heterocycles. The summed E-state index contributed by atoms with van der Waals surface area (Å²) in [5.41, 5.74) is 0.470. The van der Waals surface area contributed by atoms with E-state index < -0.39 is 12.0 Å². The van der Waals surface area contributed by atoms with Gasteiger partial charge in [-0.25, -0.2) is 4.79 Å². The Hall–Kier alpha value is -1.88. The lowest BCUT2D eigenvalue weighted by atomic mass is 10.2. The van der Waals surface area contributed by atoms with Crippen LogP contribution < -0.4 is 0 Å². The van der Waals surface area contributed by atoms with Crippen molar-refractivity contribution in [3.63, 3.8) is 0 Å². The Morgan fingerprint density at radius 2 is 2.43 bits per heavy atom. The third-order valence-electron chi connectivity index (χ3n) is 3.00. The third kappa shape index (κ3) is 3.61. The number of esters is 1. The molecule has 1 aromatic heterocycles. The minimum Gasteiger partial charge on any atom is -0.467 e. The normalized spacial score (nSPS) is 17.8. The summed E-state index contributed by atoms with van der Waals surface area (Å²) >= 11 is 1.32. The molecule has 0 spiro atoms. The van der Waals surface area contributed by atoms with Crippen molar-refractivity contribution in [2.75, 3.05) is 33.5 Å². The van der Waals surface area contributed by atoms with Crippen LogP contribution in [0.15, 0.2) is 11.4 Å².